The molecule has 0 amide bonds. The fourth-order valence-corrected chi connectivity index (χ4v) is 3.06. The maximum absolute atomic E-state index is 4.62. The van der Waals surface area contributed by atoms with Gasteiger partial charge in [-0.3, -0.25) is 9.38 Å². The first-order chi connectivity index (χ1) is 8.92. The fourth-order valence-electron chi connectivity index (χ4n) is 2.09. The Balaban J connectivity index is 2.00. The zero-order chi connectivity index (χ0) is 11.9. The maximum atomic E-state index is 4.62. The average molecular weight is 251 g/mol. The van der Waals surface area contributed by atoms with Crippen LogP contribution in [0.2, 0.25) is 0 Å². The van der Waals surface area contributed by atoms with Gasteiger partial charge < -0.3 is 0 Å². The smallest absolute Gasteiger partial charge is 0.195 e. The van der Waals surface area contributed by atoms with E-state index in [0.717, 1.165) is 26.6 Å². The van der Waals surface area contributed by atoms with Crippen molar-refractivity contribution in [1.82, 2.24) is 14.4 Å². The minimum atomic E-state index is 0.997. The van der Waals surface area contributed by atoms with Crippen LogP contribution in [0.25, 0.3) is 26.6 Å². The molecule has 86 valence electrons. The molecule has 0 saturated carbocycles. The first-order valence-corrected chi connectivity index (χ1v) is 6.51. The summed E-state index contributed by atoms with van der Waals surface area (Å²) in [4.78, 5) is 11.1. The molecule has 0 unspecified atom stereocenters. The second kappa shape index (κ2) is 3.65. The van der Waals surface area contributed by atoms with Crippen LogP contribution in [0.5, 0.6) is 0 Å². The minimum Gasteiger partial charge on any atom is -0.290 e. The number of imidazole rings is 1. The molecule has 0 aliphatic heterocycles. The van der Waals surface area contributed by atoms with E-state index in [4.69, 9.17) is 0 Å². The number of nitrogens with zero attached hydrogens (tertiary/aromatic N) is 3. The number of rotatable bonds is 1. The van der Waals surface area contributed by atoms with Crippen molar-refractivity contribution in [3.8, 4) is 10.6 Å². The van der Waals surface area contributed by atoms with Crippen molar-refractivity contribution in [2.24, 2.45) is 0 Å². The Bertz CT molecular complexity index is 830. The first-order valence-electron chi connectivity index (χ1n) is 5.70. The Labute approximate surface area is 107 Å². The van der Waals surface area contributed by atoms with Crippen molar-refractivity contribution < 1.29 is 0 Å². The minimum absolute atomic E-state index is 0.997. The Morgan fingerprint density at radius 2 is 1.89 bits per heavy atom. The lowest BCUT2D eigenvalue weighted by Gasteiger charge is -1.93. The van der Waals surface area contributed by atoms with E-state index < -0.39 is 0 Å². The number of fused-ring (bicyclic) bond motifs is 3. The van der Waals surface area contributed by atoms with Gasteiger partial charge in [-0.15, -0.1) is 0 Å². The highest BCUT2D eigenvalue weighted by Gasteiger charge is 2.09. The van der Waals surface area contributed by atoms with Gasteiger partial charge in [0.15, 0.2) is 4.96 Å². The van der Waals surface area contributed by atoms with Crippen LogP contribution in [0.15, 0.2) is 54.9 Å². The number of hydrogen-bond acceptors (Lipinski definition) is 3. The molecule has 0 spiro atoms. The van der Waals surface area contributed by atoms with Crippen LogP contribution in [0.4, 0.5) is 0 Å². The lowest BCUT2D eigenvalue weighted by Crippen LogP contribution is -1.79. The second-order valence-electron chi connectivity index (χ2n) is 4.06. The van der Waals surface area contributed by atoms with Crippen LogP contribution in [-0.4, -0.2) is 14.4 Å². The molecule has 1 aromatic carbocycles. The summed E-state index contributed by atoms with van der Waals surface area (Å²) in [6.45, 7) is 0. The third kappa shape index (κ3) is 1.36. The van der Waals surface area contributed by atoms with Gasteiger partial charge in [-0.05, 0) is 24.3 Å². The van der Waals surface area contributed by atoms with E-state index in [0.29, 0.717) is 0 Å². The van der Waals surface area contributed by atoms with Gasteiger partial charge in [0.25, 0.3) is 0 Å². The monoisotopic (exact) mass is 251 g/mol. The maximum Gasteiger partial charge on any atom is 0.195 e. The molecular weight excluding hydrogens is 242 g/mol. The third-order valence-electron chi connectivity index (χ3n) is 2.93. The molecule has 18 heavy (non-hydrogen) atoms. The number of thiazole rings is 1. The molecule has 0 aliphatic rings. The van der Waals surface area contributed by atoms with Crippen LogP contribution >= 0.6 is 11.3 Å². The summed E-state index contributed by atoms with van der Waals surface area (Å²) < 4.78 is 2.13. The normalized spacial score (nSPS) is 11.3. The molecule has 3 aromatic heterocycles. The van der Waals surface area contributed by atoms with Crippen LogP contribution in [-0.2, 0) is 0 Å². The van der Waals surface area contributed by atoms with Gasteiger partial charge in [-0.2, -0.15) is 0 Å². The van der Waals surface area contributed by atoms with Gasteiger partial charge in [0.1, 0.15) is 0 Å². The van der Waals surface area contributed by atoms with Gasteiger partial charge in [0, 0.05) is 12.4 Å². The molecule has 4 rings (SSSR count). The average Bonchev–Trinajstić information content (AvgIpc) is 2.97. The van der Waals surface area contributed by atoms with Gasteiger partial charge >= 0.3 is 0 Å². The van der Waals surface area contributed by atoms with Crippen LogP contribution in [0, 0.1) is 0 Å². The number of hydrogen-bond donors (Lipinski definition) is 0. The number of benzene rings is 1. The van der Waals surface area contributed by atoms with E-state index in [1.165, 1.54) is 0 Å². The van der Waals surface area contributed by atoms with E-state index >= 15 is 0 Å². The van der Waals surface area contributed by atoms with Crippen LogP contribution in [0.1, 0.15) is 0 Å². The van der Waals surface area contributed by atoms with Gasteiger partial charge in [0.2, 0.25) is 0 Å². The number of aromatic nitrogens is 3. The molecule has 0 atom stereocenters. The predicted octanol–water partition coefficient (Wildman–Crippen LogP) is 3.61. The van der Waals surface area contributed by atoms with Crippen molar-refractivity contribution in [2.75, 3.05) is 0 Å². The van der Waals surface area contributed by atoms with Crippen molar-refractivity contribution in [3.05, 3.63) is 54.9 Å². The standard InChI is InChI=1S/C14H9N3S/c1-2-7-12-10(5-1)16-14-17(12)9-13(18-14)11-6-3-4-8-15-11/h1-9H. The highest BCUT2D eigenvalue weighted by molar-refractivity contribution is 7.20. The largest absolute Gasteiger partial charge is 0.290 e. The van der Waals surface area contributed by atoms with Gasteiger partial charge in [-0.25, -0.2) is 4.98 Å². The number of pyridine rings is 1. The quantitative estimate of drug-likeness (QED) is 0.517. The molecule has 4 aromatic rings. The topological polar surface area (TPSA) is 30.2 Å². The molecule has 3 nitrogen and oxygen atoms in total. The zero-order valence-corrected chi connectivity index (χ0v) is 10.3. The van der Waals surface area contributed by atoms with Crippen molar-refractivity contribution >= 4 is 27.3 Å². The summed E-state index contributed by atoms with van der Waals surface area (Å²) in [6.07, 6.45) is 3.92. The summed E-state index contributed by atoms with van der Waals surface area (Å²) in [5.41, 5.74) is 3.18. The number of para-hydroxylation sites is 2. The van der Waals surface area contributed by atoms with Crippen molar-refractivity contribution in [1.29, 1.82) is 0 Å². The molecule has 4 heteroatoms. The van der Waals surface area contributed by atoms with E-state index in [-0.39, 0.29) is 0 Å². The van der Waals surface area contributed by atoms with E-state index in [1.807, 2.05) is 42.6 Å². The van der Waals surface area contributed by atoms with Crippen LogP contribution in [0.3, 0.4) is 0 Å². The summed E-state index contributed by atoms with van der Waals surface area (Å²) in [6, 6.07) is 14.1. The Kier molecular flexibility index (Phi) is 1.98. The lowest BCUT2D eigenvalue weighted by molar-refractivity contribution is 1.27. The third-order valence-corrected chi connectivity index (χ3v) is 3.93. The summed E-state index contributed by atoms with van der Waals surface area (Å²) in [5.74, 6) is 0. The molecule has 0 saturated heterocycles. The van der Waals surface area contributed by atoms with Crippen LogP contribution < -0.4 is 0 Å². The molecule has 3 heterocycles. The summed E-state index contributed by atoms with van der Waals surface area (Å²) >= 11 is 1.67. The molecular formula is C14H9N3S. The summed E-state index contributed by atoms with van der Waals surface area (Å²) in [7, 11) is 0. The Hall–Kier alpha value is -2.20. The van der Waals surface area contributed by atoms with Gasteiger partial charge in [0.05, 0.1) is 21.6 Å². The molecule has 0 aliphatic carbocycles. The highest BCUT2D eigenvalue weighted by Crippen LogP contribution is 2.29. The second-order valence-corrected chi connectivity index (χ2v) is 5.07. The van der Waals surface area contributed by atoms with Crippen molar-refractivity contribution in [3.63, 3.8) is 0 Å². The molecule has 0 N–H and O–H groups in total. The SMILES string of the molecule is c1ccc(-c2cn3c(nc4ccccc43)s2)nc1. The molecule has 0 fully saturated rings. The van der Waals surface area contributed by atoms with Crippen molar-refractivity contribution in [2.45, 2.75) is 0 Å². The van der Waals surface area contributed by atoms with E-state index in [2.05, 4.69) is 26.6 Å². The Morgan fingerprint density at radius 1 is 1.00 bits per heavy atom. The fraction of sp³-hybridized carbons (Fsp3) is 0. The first kappa shape index (κ1) is 9.79. The highest BCUT2D eigenvalue weighted by atomic mass is 32.1. The molecule has 0 bridgehead atoms. The zero-order valence-electron chi connectivity index (χ0n) is 9.45. The predicted molar refractivity (Wildman–Crippen MR) is 73.8 cm³/mol. The summed E-state index contributed by atoms with van der Waals surface area (Å²) in [5, 5.41) is 0. The van der Waals surface area contributed by atoms with E-state index in [1.54, 1.807) is 11.3 Å². The Morgan fingerprint density at radius 3 is 2.78 bits per heavy atom. The van der Waals surface area contributed by atoms with Gasteiger partial charge in [-0.1, -0.05) is 29.5 Å². The van der Waals surface area contributed by atoms with E-state index in [9.17, 15) is 0 Å². The lowest BCUT2D eigenvalue weighted by atomic mass is 10.3. The molecule has 0 radical (unpaired) electrons.